The third-order valence-corrected chi connectivity index (χ3v) is 3.20. The molecule has 0 saturated heterocycles. The molecule has 1 aliphatic carbocycles. The number of rotatable bonds is 3. The van der Waals surface area contributed by atoms with E-state index in [1.807, 2.05) is 0 Å². The minimum atomic E-state index is 0.705. The van der Waals surface area contributed by atoms with E-state index < -0.39 is 0 Å². The van der Waals surface area contributed by atoms with E-state index in [0.717, 1.165) is 16.9 Å². The summed E-state index contributed by atoms with van der Waals surface area (Å²) in [7, 11) is 0. The summed E-state index contributed by atoms with van der Waals surface area (Å²) in [6, 6.07) is 0.705. The van der Waals surface area contributed by atoms with Crippen LogP contribution in [0.25, 0.3) is 0 Å². The molecule has 0 aromatic rings. The molecule has 1 N–H and O–H groups in total. The zero-order chi connectivity index (χ0) is 9.68. The first kappa shape index (κ1) is 11.3. The minimum absolute atomic E-state index is 0.705. The molecule has 76 valence electrons. The third-order valence-electron chi connectivity index (χ3n) is 2.92. The van der Waals surface area contributed by atoms with E-state index in [1.54, 1.807) is 0 Å². The SMILES string of the molecule is C=C(Br)CNC1CCCCCC1C. The van der Waals surface area contributed by atoms with Crippen molar-refractivity contribution in [3.63, 3.8) is 0 Å². The molecule has 0 aromatic heterocycles. The quantitative estimate of drug-likeness (QED) is 0.752. The van der Waals surface area contributed by atoms with Crippen LogP contribution in [0.2, 0.25) is 0 Å². The number of nitrogens with one attached hydrogen (secondary N) is 1. The Kier molecular flexibility index (Phi) is 5.04. The summed E-state index contributed by atoms with van der Waals surface area (Å²) in [6.07, 6.45) is 6.93. The van der Waals surface area contributed by atoms with Crippen molar-refractivity contribution in [2.24, 2.45) is 5.92 Å². The van der Waals surface area contributed by atoms with Gasteiger partial charge in [0.15, 0.2) is 0 Å². The molecule has 1 aliphatic rings. The van der Waals surface area contributed by atoms with Gasteiger partial charge < -0.3 is 5.32 Å². The van der Waals surface area contributed by atoms with Gasteiger partial charge in [-0.05, 0) is 18.8 Å². The van der Waals surface area contributed by atoms with Gasteiger partial charge in [-0.1, -0.05) is 48.7 Å². The summed E-state index contributed by atoms with van der Waals surface area (Å²) < 4.78 is 1.06. The Morgan fingerprint density at radius 3 is 2.77 bits per heavy atom. The molecular weight excluding hydrogens is 226 g/mol. The van der Waals surface area contributed by atoms with Gasteiger partial charge in [0, 0.05) is 17.1 Å². The highest BCUT2D eigenvalue weighted by Crippen LogP contribution is 2.23. The van der Waals surface area contributed by atoms with E-state index >= 15 is 0 Å². The Bertz CT molecular complexity index is 167. The zero-order valence-corrected chi connectivity index (χ0v) is 10.1. The maximum atomic E-state index is 3.84. The van der Waals surface area contributed by atoms with Crippen molar-refractivity contribution in [1.29, 1.82) is 0 Å². The molecule has 13 heavy (non-hydrogen) atoms. The molecule has 0 heterocycles. The van der Waals surface area contributed by atoms with Crippen molar-refractivity contribution >= 4 is 15.9 Å². The van der Waals surface area contributed by atoms with Crippen LogP contribution in [0.4, 0.5) is 0 Å². The standard InChI is InChI=1S/C11H20BrN/c1-9-6-4-3-5-7-11(9)13-8-10(2)12/h9,11,13H,2-8H2,1H3. The van der Waals surface area contributed by atoms with Gasteiger partial charge in [0.25, 0.3) is 0 Å². The van der Waals surface area contributed by atoms with Crippen molar-refractivity contribution in [2.75, 3.05) is 6.54 Å². The molecule has 1 nitrogen and oxygen atoms in total. The van der Waals surface area contributed by atoms with Gasteiger partial charge >= 0.3 is 0 Å². The van der Waals surface area contributed by atoms with Gasteiger partial charge in [0.05, 0.1) is 0 Å². The van der Waals surface area contributed by atoms with E-state index in [2.05, 4.69) is 34.7 Å². The molecule has 2 unspecified atom stereocenters. The molecule has 0 radical (unpaired) electrons. The predicted molar refractivity (Wildman–Crippen MR) is 62.1 cm³/mol. The van der Waals surface area contributed by atoms with Crippen LogP contribution in [0.1, 0.15) is 39.0 Å². The first-order chi connectivity index (χ1) is 6.20. The average Bonchev–Trinajstić information content (AvgIpc) is 2.27. The minimum Gasteiger partial charge on any atom is -0.309 e. The second kappa shape index (κ2) is 5.82. The normalized spacial score (nSPS) is 29.7. The Labute approximate surface area is 90.1 Å². The Hall–Kier alpha value is 0.180. The number of halogens is 1. The number of hydrogen-bond donors (Lipinski definition) is 1. The molecule has 0 aliphatic heterocycles. The van der Waals surface area contributed by atoms with Crippen molar-refractivity contribution in [2.45, 2.75) is 45.1 Å². The molecule has 0 amide bonds. The Morgan fingerprint density at radius 2 is 2.08 bits per heavy atom. The van der Waals surface area contributed by atoms with Gasteiger partial charge in [-0.25, -0.2) is 0 Å². The monoisotopic (exact) mass is 245 g/mol. The second-order valence-electron chi connectivity index (χ2n) is 4.12. The Morgan fingerprint density at radius 1 is 1.38 bits per heavy atom. The van der Waals surface area contributed by atoms with Crippen LogP contribution in [0.5, 0.6) is 0 Å². The molecule has 2 atom stereocenters. The first-order valence-electron chi connectivity index (χ1n) is 5.27. The van der Waals surface area contributed by atoms with Crippen molar-refractivity contribution < 1.29 is 0 Å². The summed E-state index contributed by atoms with van der Waals surface area (Å²) in [5, 5.41) is 3.56. The summed E-state index contributed by atoms with van der Waals surface area (Å²) in [5.74, 6) is 0.828. The molecule has 1 saturated carbocycles. The number of hydrogen-bond acceptors (Lipinski definition) is 1. The fourth-order valence-corrected chi connectivity index (χ4v) is 2.20. The predicted octanol–water partition coefficient (Wildman–Crippen LogP) is 3.45. The lowest BCUT2D eigenvalue weighted by molar-refractivity contribution is 0.369. The lowest BCUT2D eigenvalue weighted by Crippen LogP contribution is -2.34. The van der Waals surface area contributed by atoms with Gasteiger partial charge in [0.1, 0.15) is 0 Å². The largest absolute Gasteiger partial charge is 0.309 e. The zero-order valence-electron chi connectivity index (χ0n) is 8.48. The highest BCUT2D eigenvalue weighted by Gasteiger charge is 2.18. The Balaban J connectivity index is 2.31. The second-order valence-corrected chi connectivity index (χ2v) is 5.24. The average molecular weight is 246 g/mol. The fourth-order valence-electron chi connectivity index (χ4n) is 2.04. The van der Waals surface area contributed by atoms with Gasteiger partial charge in [-0.3, -0.25) is 0 Å². The summed E-state index contributed by atoms with van der Waals surface area (Å²) in [5.41, 5.74) is 0. The van der Waals surface area contributed by atoms with E-state index in [-0.39, 0.29) is 0 Å². The van der Waals surface area contributed by atoms with E-state index in [1.165, 1.54) is 32.1 Å². The van der Waals surface area contributed by atoms with E-state index in [4.69, 9.17) is 0 Å². The molecule has 0 bridgehead atoms. The van der Waals surface area contributed by atoms with Crippen LogP contribution in [-0.4, -0.2) is 12.6 Å². The van der Waals surface area contributed by atoms with Crippen LogP contribution in [0.3, 0.4) is 0 Å². The van der Waals surface area contributed by atoms with Crippen LogP contribution >= 0.6 is 15.9 Å². The van der Waals surface area contributed by atoms with Crippen LogP contribution < -0.4 is 5.32 Å². The maximum Gasteiger partial charge on any atom is 0.0268 e. The van der Waals surface area contributed by atoms with Crippen LogP contribution in [0.15, 0.2) is 11.1 Å². The van der Waals surface area contributed by atoms with Crippen LogP contribution in [0, 0.1) is 5.92 Å². The summed E-state index contributed by atoms with van der Waals surface area (Å²) >= 11 is 3.38. The highest BCUT2D eigenvalue weighted by molar-refractivity contribution is 9.11. The highest BCUT2D eigenvalue weighted by atomic mass is 79.9. The molecule has 1 rings (SSSR count). The third kappa shape index (κ3) is 4.28. The van der Waals surface area contributed by atoms with Gasteiger partial charge in [0.2, 0.25) is 0 Å². The summed E-state index contributed by atoms with van der Waals surface area (Å²) in [4.78, 5) is 0. The fraction of sp³-hybridized carbons (Fsp3) is 0.818. The topological polar surface area (TPSA) is 12.0 Å². The lowest BCUT2D eigenvalue weighted by atomic mass is 9.97. The maximum absolute atomic E-state index is 3.84. The molecule has 2 heteroatoms. The van der Waals surface area contributed by atoms with Gasteiger partial charge in [-0.2, -0.15) is 0 Å². The lowest BCUT2D eigenvalue weighted by Gasteiger charge is -2.22. The summed E-state index contributed by atoms with van der Waals surface area (Å²) in [6.45, 7) is 7.11. The molecular formula is C11H20BrN. The van der Waals surface area contributed by atoms with Crippen molar-refractivity contribution in [3.8, 4) is 0 Å². The van der Waals surface area contributed by atoms with E-state index in [9.17, 15) is 0 Å². The van der Waals surface area contributed by atoms with E-state index in [0.29, 0.717) is 6.04 Å². The molecule has 1 fully saturated rings. The molecule has 0 aromatic carbocycles. The first-order valence-corrected chi connectivity index (χ1v) is 6.06. The van der Waals surface area contributed by atoms with Crippen molar-refractivity contribution in [3.05, 3.63) is 11.1 Å². The van der Waals surface area contributed by atoms with Crippen LogP contribution in [-0.2, 0) is 0 Å². The smallest absolute Gasteiger partial charge is 0.0268 e. The van der Waals surface area contributed by atoms with Gasteiger partial charge in [-0.15, -0.1) is 0 Å². The van der Waals surface area contributed by atoms with Crippen molar-refractivity contribution in [1.82, 2.24) is 5.32 Å². The molecule has 0 spiro atoms.